The van der Waals surface area contributed by atoms with Gasteiger partial charge in [-0.3, -0.25) is 4.79 Å². The maximum absolute atomic E-state index is 12.8. The number of amides is 2. The normalized spacial score (nSPS) is 16.0. The number of ether oxygens (including phenoxy) is 2. The molecule has 1 fully saturated rings. The number of benzene rings is 1. The van der Waals surface area contributed by atoms with E-state index >= 15 is 0 Å². The van der Waals surface area contributed by atoms with Gasteiger partial charge in [-0.25, -0.2) is 9.80 Å². The maximum Gasteiger partial charge on any atom is 0.346 e. The third kappa shape index (κ3) is 7.21. The first-order chi connectivity index (χ1) is 13.8. The molecule has 1 aromatic rings. The zero-order valence-electron chi connectivity index (χ0n) is 17.8. The number of hydrogen-bond donors (Lipinski definition) is 2. The van der Waals surface area contributed by atoms with Gasteiger partial charge in [0.25, 0.3) is 0 Å². The fourth-order valence-electron chi connectivity index (χ4n) is 3.37. The first kappa shape index (κ1) is 23.5. The number of hydrogen-bond acceptors (Lipinski definition) is 6. The zero-order valence-corrected chi connectivity index (χ0v) is 18.7. The Morgan fingerprint density at radius 1 is 1.21 bits per heavy atom. The second kappa shape index (κ2) is 11.4. The lowest BCUT2D eigenvalue weighted by molar-refractivity contribution is -0.140. The minimum absolute atomic E-state index is 0.0450. The Morgan fingerprint density at radius 3 is 2.38 bits per heavy atom. The van der Waals surface area contributed by atoms with Crippen LogP contribution in [0.5, 0.6) is 0 Å². The minimum atomic E-state index is -0.296. The molecular formula is C21H33N3O4S. The van der Waals surface area contributed by atoms with E-state index < -0.39 is 0 Å². The van der Waals surface area contributed by atoms with Gasteiger partial charge in [-0.05, 0) is 55.2 Å². The topological polar surface area (TPSA) is 71.1 Å². The van der Waals surface area contributed by atoms with Crippen LogP contribution in [0, 0.1) is 5.92 Å². The average molecular weight is 424 g/mol. The number of anilines is 1. The van der Waals surface area contributed by atoms with E-state index in [1.54, 1.807) is 0 Å². The average Bonchev–Trinajstić information content (AvgIpc) is 2.72. The highest BCUT2D eigenvalue weighted by Crippen LogP contribution is 2.23. The van der Waals surface area contributed by atoms with Crippen molar-refractivity contribution in [1.29, 1.82) is 0 Å². The van der Waals surface area contributed by atoms with Crippen molar-refractivity contribution in [2.24, 2.45) is 5.92 Å². The van der Waals surface area contributed by atoms with E-state index in [0.717, 1.165) is 24.9 Å². The molecule has 0 bridgehead atoms. The lowest BCUT2D eigenvalue weighted by Crippen LogP contribution is -2.51. The van der Waals surface area contributed by atoms with Crippen LogP contribution in [0.1, 0.15) is 51.5 Å². The Labute approximate surface area is 179 Å². The Bertz CT molecular complexity index is 662. The van der Waals surface area contributed by atoms with E-state index in [4.69, 9.17) is 9.47 Å². The molecule has 1 N–H and O–H groups in total. The molecule has 1 aliphatic heterocycles. The molecular weight excluding hydrogens is 390 g/mol. The molecule has 0 aliphatic carbocycles. The predicted molar refractivity (Wildman–Crippen MR) is 117 cm³/mol. The van der Waals surface area contributed by atoms with E-state index in [1.807, 2.05) is 36.2 Å². The van der Waals surface area contributed by atoms with Gasteiger partial charge in [0.2, 0.25) is 0 Å². The van der Waals surface area contributed by atoms with Crippen LogP contribution >= 0.6 is 12.8 Å². The smallest absolute Gasteiger partial charge is 0.346 e. The highest BCUT2D eigenvalue weighted by molar-refractivity contribution is 7.78. The van der Waals surface area contributed by atoms with Crippen LogP contribution in [0.15, 0.2) is 24.3 Å². The van der Waals surface area contributed by atoms with E-state index in [2.05, 4.69) is 32.0 Å². The molecule has 0 radical (unpaired) electrons. The van der Waals surface area contributed by atoms with Crippen LogP contribution in [0.2, 0.25) is 0 Å². The Kier molecular flexibility index (Phi) is 9.26. The van der Waals surface area contributed by atoms with Crippen molar-refractivity contribution in [3.05, 3.63) is 29.8 Å². The third-order valence-electron chi connectivity index (χ3n) is 5.02. The van der Waals surface area contributed by atoms with Crippen LogP contribution in [0.4, 0.5) is 10.5 Å². The summed E-state index contributed by atoms with van der Waals surface area (Å²) in [5.74, 6) is 0.207. The monoisotopic (exact) mass is 423 g/mol. The van der Waals surface area contributed by atoms with Crippen molar-refractivity contribution in [1.82, 2.24) is 9.42 Å². The summed E-state index contributed by atoms with van der Waals surface area (Å²) in [6, 6.07) is 7.44. The van der Waals surface area contributed by atoms with Gasteiger partial charge < -0.3 is 14.8 Å². The van der Waals surface area contributed by atoms with Gasteiger partial charge in [-0.15, -0.1) is 0 Å². The van der Waals surface area contributed by atoms with Crippen molar-refractivity contribution in [3.8, 4) is 0 Å². The summed E-state index contributed by atoms with van der Waals surface area (Å²) in [6.07, 6.45) is 2.08. The molecule has 1 aromatic carbocycles. The van der Waals surface area contributed by atoms with E-state index in [9.17, 15) is 9.59 Å². The van der Waals surface area contributed by atoms with Gasteiger partial charge >= 0.3 is 12.0 Å². The lowest BCUT2D eigenvalue weighted by Gasteiger charge is -2.39. The quantitative estimate of drug-likeness (QED) is 0.374. The van der Waals surface area contributed by atoms with Crippen molar-refractivity contribution < 1.29 is 19.1 Å². The third-order valence-corrected chi connectivity index (χ3v) is 5.43. The minimum Gasteiger partial charge on any atom is -0.469 e. The highest BCUT2D eigenvalue weighted by atomic mass is 32.1. The molecule has 1 atom stereocenters. The molecule has 2 amide bonds. The number of hydrazine groups is 1. The Hall–Kier alpha value is -1.77. The van der Waals surface area contributed by atoms with Crippen LogP contribution in [0.25, 0.3) is 0 Å². The van der Waals surface area contributed by atoms with E-state index in [0.29, 0.717) is 31.2 Å². The van der Waals surface area contributed by atoms with Gasteiger partial charge in [0, 0.05) is 31.5 Å². The first-order valence-electron chi connectivity index (χ1n) is 10.1. The number of methoxy groups -OCH3 is 1. The van der Waals surface area contributed by atoms with Crippen LogP contribution < -0.4 is 5.32 Å². The fourth-order valence-corrected chi connectivity index (χ4v) is 3.64. The molecule has 1 heterocycles. The van der Waals surface area contributed by atoms with Crippen molar-refractivity contribution in [3.63, 3.8) is 0 Å². The van der Waals surface area contributed by atoms with Gasteiger partial charge in [0.15, 0.2) is 0 Å². The number of esters is 1. The summed E-state index contributed by atoms with van der Waals surface area (Å²) in [6.45, 7) is 8.37. The van der Waals surface area contributed by atoms with Crippen LogP contribution in [-0.2, 0) is 14.3 Å². The number of thiol groups is 1. The number of nitrogens with zero attached hydrogens (tertiary/aromatic N) is 2. The number of nitrogens with one attached hydrogen (secondary N) is 1. The number of urea groups is 1. The molecule has 7 nitrogen and oxygen atoms in total. The first-order valence-corrected chi connectivity index (χ1v) is 10.5. The van der Waals surface area contributed by atoms with Crippen molar-refractivity contribution >= 4 is 30.5 Å². The number of rotatable bonds is 8. The Morgan fingerprint density at radius 2 is 1.83 bits per heavy atom. The molecule has 0 spiro atoms. The molecule has 1 saturated heterocycles. The molecule has 29 heavy (non-hydrogen) atoms. The SMILES string of the molecule is COC(=O)C[C@@H](C)c1ccc(NC(=O)N(S)N(CC(C)C)C2CCOCC2)cc1. The molecule has 2 rings (SSSR count). The fraction of sp³-hybridized carbons (Fsp3) is 0.619. The second-order valence-electron chi connectivity index (χ2n) is 7.88. The maximum atomic E-state index is 12.8. The zero-order chi connectivity index (χ0) is 21.4. The molecule has 0 aromatic heterocycles. The van der Waals surface area contributed by atoms with Gasteiger partial charge in [-0.2, -0.15) is 4.41 Å². The standard InChI is InChI=1S/C21H33N3O4S/c1-15(2)14-23(19-9-11-28-12-10-19)24(29)21(26)22-18-7-5-17(6-8-18)16(3)13-20(25)27-4/h5-8,15-16,19,29H,9-14H2,1-4H3,(H,22,26)/t16-/m1/s1. The predicted octanol–water partition coefficient (Wildman–Crippen LogP) is 4.08. The van der Waals surface area contributed by atoms with Gasteiger partial charge in [-0.1, -0.05) is 32.9 Å². The lowest BCUT2D eigenvalue weighted by atomic mass is 9.98. The van der Waals surface area contributed by atoms with E-state index in [-0.39, 0.29) is 24.0 Å². The molecule has 0 unspecified atom stereocenters. The molecule has 162 valence electrons. The van der Waals surface area contributed by atoms with Crippen LogP contribution in [-0.4, -0.2) is 54.3 Å². The largest absolute Gasteiger partial charge is 0.469 e. The molecule has 1 aliphatic rings. The summed E-state index contributed by atoms with van der Waals surface area (Å²) in [5.41, 5.74) is 1.69. The van der Waals surface area contributed by atoms with Gasteiger partial charge in [0.05, 0.1) is 13.5 Å². The molecule has 0 saturated carbocycles. The van der Waals surface area contributed by atoms with Gasteiger partial charge in [0.1, 0.15) is 0 Å². The van der Waals surface area contributed by atoms with Crippen LogP contribution in [0.3, 0.4) is 0 Å². The van der Waals surface area contributed by atoms with Crippen molar-refractivity contribution in [2.75, 3.05) is 32.2 Å². The number of carbonyl (C=O) groups is 2. The molecule has 8 heteroatoms. The second-order valence-corrected chi connectivity index (χ2v) is 8.26. The summed E-state index contributed by atoms with van der Waals surface area (Å²) in [4.78, 5) is 24.2. The van der Waals surface area contributed by atoms with Crippen molar-refractivity contribution in [2.45, 2.75) is 52.0 Å². The summed E-state index contributed by atoms with van der Waals surface area (Å²) < 4.78 is 11.6. The summed E-state index contributed by atoms with van der Waals surface area (Å²) >= 11 is 4.49. The summed E-state index contributed by atoms with van der Waals surface area (Å²) in [7, 11) is 1.39. The highest BCUT2D eigenvalue weighted by Gasteiger charge is 2.29. The Balaban J connectivity index is 2.00. The van der Waals surface area contributed by atoms with E-state index in [1.165, 1.54) is 11.5 Å². The number of carbonyl (C=O) groups excluding carboxylic acids is 2. The summed E-state index contributed by atoms with van der Waals surface area (Å²) in [5, 5.41) is 4.92.